The zero-order chi connectivity index (χ0) is 19.5. The van der Waals surface area contributed by atoms with E-state index in [9.17, 15) is 4.79 Å². The Kier molecular flexibility index (Phi) is 4.81. The standard InChI is InChI=1S/C23H20N2O3/c1-15-10-16(2)12-19(11-15)27-14-22(26)24-18-7-5-6-17(13-18)23-25-20-8-3-4-9-21(20)28-23/h3-13H,14H2,1-2H3,(H,24,26). The fourth-order valence-electron chi connectivity index (χ4n) is 3.09. The van der Waals surface area contributed by atoms with E-state index in [0.29, 0.717) is 17.3 Å². The summed E-state index contributed by atoms with van der Waals surface area (Å²) in [5.41, 5.74) is 5.18. The van der Waals surface area contributed by atoms with Gasteiger partial charge in [-0.2, -0.15) is 0 Å². The molecule has 1 heterocycles. The lowest BCUT2D eigenvalue weighted by Gasteiger charge is -2.09. The number of aromatic nitrogens is 1. The predicted octanol–water partition coefficient (Wildman–Crippen LogP) is 5.13. The van der Waals surface area contributed by atoms with Gasteiger partial charge in [0.15, 0.2) is 12.2 Å². The molecule has 1 aromatic heterocycles. The number of fused-ring (bicyclic) bond motifs is 1. The van der Waals surface area contributed by atoms with Gasteiger partial charge in [0.25, 0.3) is 5.91 Å². The molecular formula is C23H20N2O3. The van der Waals surface area contributed by atoms with Crippen LogP contribution in [0, 0.1) is 13.8 Å². The first-order valence-electron chi connectivity index (χ1n) is 9.04. The molecular weight excluding hydrogens is 352 g/mol. The van der Waals surface area contributed by atoms with Gasteiger partial charge in [-0.3, -0.25) is 4.79 Å². The third-order valence-corrected chi connectivity index (χ3v) is 4.25. The smallest absolute Gasteiger partial charge is 0.262 e. The summed E-state index contributed by atoms with van der Waals surface area (Å²) in [5.74, 6) is 0.977. The Balaban J connectivity index is 1.44. The maximum Gasteiger partial charge on any atom is 0.262 e. The molecule has 140 valence electrons. The Hall–Kier alpha value is -3.60. The molecule has 4 aromatic rings. The molecule has 0 atom stereocenters. The number of aryl methyl sites for hydroxylation is 2. The summed E-state index contributed by atoms with van der Waals surface area (Å²) in [6.45, 7) is 3.94. The molecule has 0 spiro atoms. The number of rotatable bonds is 5. The van der Waals surface area contributed by atoms with Gasteiger partial charge < -0.3 is 14.5 Å². The van der Waals surface area contributed by atoms with Crippen LogP contribution >= 0.6 is 0 Å². The number of para-hydroxylation sites is 2. The summed E-state index contributed by atoms with van der Waals surface area (Å²) in [5, 5.41) is 2.85. The van der Waals surface area contributed by atoms with Gasteiger partial charge in [-0.15, -0.1) is 0 Å². The van der Waals surface area contributed by atoms with E-state index in [-0.39, 0.29) is 12.5 Å². The molecule has 0 saturated heterocycles. The first kappa shape index (κ1) is 17.8. The number of carbonyl (C=O) groups excluding carboxylic acids is 1. The topological polar surface area (TPSA) is 64.4 Å². The fourth-order valence-corrected chi connectivity index (χ4v) is 3.09. The van der Waals surface area contributed by atoms with E-state index in [0.717, 1.165) is 27.8 Å². The van der Waals surface area contributed by atoms with E-state index in [1.807, 2.05) is 74.5 Å². The number of hydrogen-bond donors (Lipinski definition) is 1. The Bertz CT molecular complexity index is 1090. The molecule has 0 bridgehead atoms. The zero-order valence-electron chi connectivity index (χ0n) is 15.7. The minimum absolute atomic E-state index is 0.0595. The van der Waals surface area contributed by atoms with Crippen LogP contribution in [0.4, 0.5) is 5.69 Å². The van der Waals surface area contributed by atoms with E-state index in [1.54, 1.807) is 0 Å². The van der Waals surface area contributed by atoms with Crippen LogP contribution in [-0.4, -0.2) is 17.5 Å². The van der Waals surface area contributed by atoms with Crippen molar-refractivity contribution in [2.24, 2.45) is 0 Å². The lowest BCUT2D eigenvalue weighted by atomic mass is 10.1. The summed E-state index contributed by atoms with van der Waals surface area (Å²) in [7, 11) is 0. The van der Waals surface area contributed by atoms with E-state index in [1.165, 1.54) is 0 Å². The molecule has 0 radical (unpaired) electrons. The molecule has 1 N–H and O–H groups in total. The van der Waals surface area contributed by atoms with Gasteiger partial charge in [0, 0.05) is 11.3 Å². The Morgan fingerprint density at radius 1 is 1.00 bits per heavy atom. The maximum atomic E-state index is 12.3. The van der Waals surface area contributed by atoms with Gasteiger partial charge in [-0.25, -0.2) is 4.98 Å². The number of benzene rings is 3. The van der Waals surface area contributed by atoms with Crippen LogP contribution in [0.15, 0.2) is 71.1 Å². The molecule has 0 fully saturated rings. The lowest BCUT2D eigenvalue weighted by molar-refractivity contribution is -0.118. The fraction of sp³-hybridized carbons (Fsp3) is 0.130. The number of nitrogens with one attached hydrogen (secondary N) is 1. The summed E-state index contributed by atoms with van der Waals surface area (Å²) in [6.07, 6.45) is 0. The van der Waals surface area contributed by atoms with Gasteiger partial charge >= 0.3 is 0 Å². The minimum Gasteiger partial charge on any atom is -0.484 e. The summed E-state index contributed by atoms with van der Waals surface area (Å²) in [6, 6.07) is 20.9. The molecule has 5 nitrogen and oxygen atoms in total. The van der Waals surface area contributed by atoms with Crippen molar-refractivity contribution >= 4 is 22.7 Å². The second-order valence-electron chi connectivity index (χ2n) is 6.73. The van der Waals surface area contributed by atoms with E-state index in [2.05, 4.69) is 16.4 Å². The largest absolute Gasteiger partial charge is 0.484 e. The highest BCUT2D eigenvalue weighted by molar-refractivity contribution is 5.92. The van der Waals surface area contributed by atoms with Crippen LogP contribution in [0.3, 0.4) is 0 Å². The van der Waals surface area contributed by atoms with E-state index >= 15 is 0 Å². The van der Waals surface area contributed by atoms with Gasteiger partial charge in [0.2, 0.25) is 5.89 Å². The highest BCUT2D eigenvalue weighted by atomic mass is 16.5. The van der Waals surface area contributed by atoms with Crippen molar-refractivity contribution in [1.29, 1.82) is 0 Å². The average molecular weight is 372 g/mol. The first-order valence-corrected chi connectivity index (χ1v) is 9.04. The van der Waals surface area contributed by atoms with Crippen LogP contribution in [0.25, 0.3) is 22.6 Å². The van der Waals surface area contributed by atoms with Gasteiger partial charge in [-0.1, -0.05) is 24.3 Å². The third kappa shape index (κ3) is 4.04. The molecule has 4 rings (SSSR count). The van der Waals surface area contributed by atoms with E-state index in [4.69, 9.17) is 9.15 Å². The van der Waals surface area contributed by atoms with Crippen molar-refractivity contribution in [2.75, 3.05) is 11.9 Å². The van der Waals surface area contributed by atoms with E-state index < -0.39 is 0 Å². The third-order valence-electron chi connectivity index (χ3n) is 4.25. The highest BCUT2D eigenvalue weighted by Gasteiger charge is 2.10. The predicted molar refractivity (Wildman–Crippen MR) is 109 cm³/mol. The monoisotopic (exact) mass is 372 g/mol. The molecule has 0 aliphatic carbocycles. The van der Waals surface area contributed by atoms with Gasteiger partial charge in [-0.05, 0) is 67.4 Å². The second-order valence-corrected chi connectivity index (χ2v) is 6.73. The average Bonchev–Trinajstić information content (AvgIpc) is 3.10. The van der Waals surface area contributed by atoms with Crippen molar-refractivity contribution in [3.8, 4) is 17.2 Å². The normalized spacial score (nSPS) is 10.8. The summed E-state index contributed by atoms with van der Waals surface area (Å²) < 4.78 is 11.4. The van der Waals surface area contributed by atoms with Crippen molar-refractivity contribution in [1.82, 2.24) is 4.98 Å². The summed E-state index contributed by atoms with van der Waals surface area (Å²) >= 11 is 0. The Morgan fingerprint density at radius 2 is 1.79 bits per heavy atom. The van der Waals surface area contributed by atoms with Crippen LogP contribution < -0.4 is 10.1 Å². The van der Waals surface area contributed by atoms with Gasteiger partial charge in [0.1, 0.15) is 11.3 Å². The molecule has 5 heteroatoms. The number of carbonyl (C=O) groups is 1. The molecule has 1 amide bonds. The number of amides is 1. The van der Waals surface area contributed by atoms with Crippen LogP contribution in [0.1, 0.15) is 11.1 Å². The number of hydrogen-bond acceptors (Lipinski definition) is 4. The molecule has 0 aliphatic rings. The highest BCUT2D eigenvalue weighted by Crippen LogP contribution is 2.26. The SMILES string of the molecule is Cc1cc(C)cc(OCC(=O)Nc2cccc(-c3nc4ccccc4o3)c2)c1. The molecule has 0 aliphatic heterocycles. The Labute approximate surface area is 163 Å². The maximum absolute atomic E-state index is 12.3. The van der Waals surface area contributed by atoms with Crippen molar-refractivity contribution < 1.29 is 13.9 Å². The molecule has 0 saturated carbocycles. The van der Waals surface area contributed by atoms with Crippen LogP contribution in [-0.2, 0) is 4.79 Å². The van der Waals surface area contributed by atoms with Gasteiger partial charge in [0.05, 0.1) is 0 Å². The minimum atomic E-state index is -0.228. The number of oxazole rings is 1. The number of ether oxygens (including phenoxy) is 1. The van der Waals surface area contributed by atoms with Crippen LogP contribution in [0.2, 0.25) is 0 Å². The Morgan fingerprint density at radius 3 is 2.57 bits per heavy atom. The lowest BCUT2D eigenvalue weighted by Crippen LogP contribution is -2.20. The zero-order valence-corrected chi connectivity index (χ0v) is 15.7. The van der Waals surface area contributed by atoms with Crippen molar-refractivity contribution in [2.45, 2.75) is 13.8 Å². The van der Waals surface area contributed by atoms with Crippen molar-refractivity contribution in [3.63, 3.8) is 0 Å². The first-order chi connectivity index (χ1) is 13.6. The van der Waals surface area contributed by atoms with Crippen molar-refractivity contribution in [3.05, 3.63) is 77.9 Å². The second kappa shape index (κ2) is 7.56. The summed E-state index contributed by atoms with van der Waals surface area (Å²) in [4.78, 5) is 16.8. The number of nitrogens with zero attached hydrogens (tertiary/aromatic N) is 1. The molecule has 0 unspecified atom stereocenters. The van der Waals surface area contributed by atoms with Crippen LogP contribution in [0.5, 0.6) is 5.75 Å². The quantitative estimate of drug-likeness (QED) is 0.527. The molecule has 3 aromatic carbocycles. The molecule has 28 heavy (non-hydrogen) atoms. The number of anilines is 1.